The van der Waals surface area contributed by atoms with Crippen LogP contribution in [-0.4, -0.2) is 58.6 Å². The summed E-state index contributed by atoms with van der Waals surface area (Å²) >= 11 is 0. The molecule has 1 aromatic carbocycles. The van der Waals surface area contributed by atoms with Gasteiger partial charge in [0.1, 0.15) is 5.82 Å². The highest BCUT2D eigenvalue weighted by Gasteiger charge is 2.33. The predicted molar refractivity (Wildman–Crippen MR) is 120 cm³/mol. The van der Waals surface area contributed by atoms with Crippen LogP contribution in [0.5, 0.6) is 0 Å². The first kappa shape index (κ1) is 21.1. The molecule has 2 fully saturated rings. The van der Waals surface area contributed by atoms with E-state index >= 15 is 0 Å². The Morgan fingerprint density at radius 3 is 2.59 bits per heavy atom. The molecular formula is C23H25FN4O3S. The van der Waals surface area contributed by atoms with Gasteiger partial charge in [0.15, 0.2) is 15.5 Å². The highest BCUT2D eigenvalue weighted by Crippen LogP contribution is 2.33. The summed E-state index contributed by atoms with van der Waals surface area (Å²) in [7, 11) is -3.14. The minimum Gasteiger partial charge on any atom is -0.339 e. The number of fused-ring (bicyclic) bond motifs is 1. The lowest BCUT2D eigenvalue weighted by Gasteiger charge is -2.27. The number of hydrogen-bond acceptors (Lipinski definition) is 5. The van der Waals surface area contributed by atoms with Gasteiger partial charge < -0.3 is 4.90 Å². The van der Waals surface area contributed by atoms with Crippen molar-refractivity contribution in [1.29, 1.82) is 0 Å². The Morgan fingerprint density at radius 1 is 1.16 bits per heavy atom. The quantitative estimate of drug-likeness (QED) is 0.602. The summed E-state index contributed by atoms with van der Waals surface area (Å²) in [6.45, 7) is 3.18. The third-order valence-electron chi connectivity index (χ3n) is 6.41. The maximum atomic E-state index is 14.6. The van der Waals surface area contributed by atoms with E-state index in [0.29, 0.717) is 53.1 Å². The second kappa shape index (κ2) is 7.95. The van der Waals surface area contributed by atoms with E-state index in [1.54, 1.807) is 35.9 Å². The molecule has 0 aliphatic carbocycles. The van der Waals surface area contributed by atoms with Gasteiger partial charge >= 0.3 is 0 Å². The molecule has 4 heterocycles. The molecule has 3 aromatic rings. The van der Waals surface area contributed by atoms with Crippen molar-refractivity contribution in [2.45, 2.75) is 38.6 Å². The van der Waals surface area contributed by atoms with Crippen LogP contribution in [0.4, 0.5) is 4.39 Å². The number of aromatic nitrogens is 3. The van der Waals surface area contributed by atoms with Gasteiger partial charge in [0, 0.05) is 18.7 Å². The number of piperidine rings is 1. The molecule has 1 atom stereocenters. The van der Waals surface area contributed by atoms with Crippen LogP contribution in [0.3, 0.4) is 0 Å². The van der Waals surface area contributed by atoms with Crippen molar-refractivity contribution in [3.05, 3.63) is 47.4 Å². The van der Waals surface area contributed by atoms with E-state index < -0.39 is 15.7 Å². The molecule has 2 aromatic heterocycles. The average molecular weight is 457 g/mol. The molecule has 168 valence electrons. The van der Waals surface area contributed by atoms with E-state index in [0.717, 1.165) is 19.3 Å². The first-order chi connectivity index (χ1) is 15.3. The SMILES string of the molecule is Cc1nn(C2CCS(=O)(=O)C2)c2nc(-c3ccccc3F)cc(C(=O)N3CCCCC3)c12. The second-order valence-electron chi connectivity index (χ2n) is 8.67. The monoisotopic (exact) mass is 456 g/mol. The lowest BCUT2D eigenvalue weighted by Crippen LogP contribution is -2.35. The first-order valence-electron chi connectivity index (χ1n) is 11.0. The Kier molecular flexibility index (Phi) is 5.23. The average Bonchev–Trinajstić information content (AvgIpc) is 3.32. The summed E-state index contributed by atoms with van der Waals surface area (Å²) in [4.78, 5) is 20.1. The zero-order valence-electron chi connectivity index (χ0n) is 17.9. The van der Waals surface area contributed by atoms with Gasteiger partial charge in [0.05, 0.1) is 39.9 Å². The van der Waals surface area contributed by atoms with E-state index in [9.17, 15) is 17.6 Å². The minimum atomic E-state index is -3.14. The molecule has 2 aliphatic rings. The lowest BCUT2D eigenvalue weighted by atomic mass is 10.0. The molecule has 0 saturated carbocycles. The van der Waals surface area contributed by atoms with Gasteiger partial charge in [-0.15, -0.1) is 0 Å². The molecule has 2 aliphatic heterocycles. The molecule has 2 saturated heterocycles. The van der Waals surface area contributed by atoms with Crippen molar-refractivity contribution in [1.82, 2.24) is 19.7 Å². The number of pyridine rings is 1. The van der Waals surface area contributed by atoms with E-state index in [4.69, 9.17) is 4.98 Å². The number of amides is 1. The van der Waals surface area contributed by atoms with Crippen LogP contribution in [0.25, 0.3) is 22.3 Å². The zero-order valence-corrected chi connectivity index (χ0v) is 18.7. The normalized spacial score (nSPS) is 20.7. The molecular weight excluding hydrogens is 431 g/mol. The highest BCUT2D eigenvalue weighted by molar-refractivity contribution is 7.91. The summed E-state index contributed by atoms with van der Waals surface area (Å²) in [6.07, 6.45) is 3.46. The van der Waals surface area contributed by atoms with Crippen LogP contribution in [0.1, 0.15) is 47.8 Å². The van der Waals surface area contributed by atoms with Crippen molar-refractivity contribution >= 4 is 26.8 Å². The Morgan fingerprint density at radius 2 is 1.91 bits per heavy atom. The largest absolute Gasteiger partial charge is 0.339 e. The van der Waals surface area contributed by atoms with Gasteiger partial charge in [-0.2, -0.15) is 5.10 Å². The molecule has 9 heteroatoms. The number of aryl methyl sites for hydroxylation is 1. The molecule has 5 rings (SSSR count). The van der Waals surface area contributed by atoms with Crippen LogP contribution < -0.4 is 0 Å². The van der Waals surface area contributed by atoms with Crippen LogP contribution in [0, 0.1) is 12.7 Å². The van der Waals surface area contributed by atoms with Gasteiger partial charge in [-0.05, 0) is 50.8 Å². The minimum absolute atomic E-state index is 0.00969. The fourth-order valence-electron chi connectivity index (χ4n) is 4.78. The van der Waals surface area contributed by atoms with Crippen molar-refractivity contribution in [3.63, 3.8) is 0 Å². The maximum absolute atomic E-state index is 14.6. The summed E-state index contributed by atoms with van der Waals surface area (Å²) in [5.41, 5.74) is 2.15. The smallest absolute Gasteiger partial charge is 0.254 e. The van der Waals surface area contributed by atoms with Crippen LogP contribution in [0.15, 0.2) is 30.3 Å². The molecule has 1 amide bonds. The number of benzene rings is 1. The number of hydrogen-bond donors (Lipinski definition) is 0. The van der Waals surface area contributed by atoms with Gasteiger partial charge in [0.2, 0.25) is 0 Å². The lowest BCUT2D eigenvalue weighted by molar-refractivity contribution is 0.0726. The molecule has 7 nitrogen and oxygen atoms in total. The Labute approximate surface area is 186 Å². The van der Waals surface area contributed by atoms with Crippen LogP contribution in [0.2, 0.25) is 0 Å². The van der Waals surface area contributed by atoms with E-state index in [2.05, 4.69) is 5.10 Å². The van der Waals surface area contributed by atoms with Crippen LogP contribution in [-0.2, 0) is 9.84 Å². The number of halogens is 1. The number of nitrogens with zero attached hydrogens (tertiary/aromatic N) is 4. The molecule has 1 unspecified atom stereocenters. The van der Waals surface area contributed by atoms with Crippen molar-refractivity contribution in [2.24, 2.45) is 0 Å². The molecule has 0 bridgehead atoms. The molecule has 0 N–H and O–H groups in total. The summed E-state index contributed by atoms with van der Waals surface area (Å²) in [5, 5.41) is 5.22. The predicted octanol–water partition coefficient (Wildman–Crippen LogP) is 3.53. The fraction of sp³-hybridized carbons (Fsp3) is 0.435. The summed E-state index contributed by atoms with van der Waals surface area (Å²) in [6, 6.07) is 7.63. The van der Waals surface area contributed by atoms with Gasteiger partial charge in [-0.3, -0.25) is 4.79 Å². The third kappa shape index (κ3) is 3.68. The highest BCUT2D eigenvalue weighted by atomic mass is 32.2. The molecule has 0 radical (unpaired) electrons. The maximum Gasteiger partial charge on any atom is 0.254 e. The number of carbonyl (C=O) groups is 1. The topological polar surface area (TPSA) is 85.2 Å². The Bertz CT molecular complexity index is 1310. The standard InChI is InChI=1S/C23H25FN4O3S/c1-15-21-18(23(29)27-10-5-2-6-11-27)13-20(17-7-3-4-8-19(17)24)25-22(21)28(26-15)16-9-12-32(30,31)14-16/h3-4,7-8,13,16H,2,5-6,9-12,14H2,1H3. The van der Waals surface area contributed by atoms with Gasteiger partial charge in [-0.25, -0.2) is 22.5 Å². The third-order valence-corrected chi connectivity index (χ3v) is 8.17. The van der Waals surface area contributed by atoms with Gasteiger partial charge in [0.25, 0.3) is 5.91 Å². The number of sulfone groups is 1. The van der Waals surface area contributed by atoms with Crippen molar-refractivity contribution in [3.8, 4) is 11.3 Å². The summed E-state index contributed by atoms with van der Waals surface area (Å²) in [5.74, 6) is -0.451. The number of carbonyl (C=O) groups excluding carboxylic acids is 1. The van der Waals surface area contributed by atoms with Gasteiger partial charge in [-0.1, -0.05) is 12.1 Å². The first-order valence-corrected chi connectivity index (χ1v) is 12.8. The van der Waals surface area contributed by atoms with E-state index in [1.807, 2.05) is 4.90 Å². The van der Waals surface area contributed by atoms with Crippen LogP contribution >= 0.6 is 0 Å². The van der Waals surface area contributed by atoms with E-state index in [-0.39, 0.29) is 23.5 Å². The number of likely N-dealkylation sites (tertiary alicyclic amines) is 1. The van der Waals surface area contributed by atoms with Crippen molar-refractivity contribution in [2.75, 3.05) is 24.6 Å². The van der Waals surface area contributed by atoms with E-state index in [1.165, 1.54) is 6.07 Å². The fourth-order valence-corrected chi connectivity index (χ4v) is 6.47. The molecule has 32 heavy (non-hydrogen) atoms. The number of rotatable bonds is 3. The molecule has 0 spiro atoms. The Balaban J connectivity index is 1.72. The second-order valence-corrected chi connectivity index (χ2v) is 10.9. The van der Waals surface area contributed by atoms with Crippen molar-refractivity contribution < 1.29 is 17.6 Å². The zero-order chi connectivity index (χ0) is 22.5. The summed E-state index contributed by atoms with van der Waals surface area (Å²) < 4.78 is 40.5. The Hall–Kier alpha value is -2.81.